The van der Waals surface area contributed by atoms with E-state index in [1.807, 2.05) is 0 Å². The average Bonchev–Trinajstić information content (AvgIpc) is 2.30. The van der Waals surface area contributed by atoms with Crippen molar-refractivity contribution in [1.29, 1.82) is 0 Å². The Morgan fingerprint density at radius 1 is 1.82 bits per heavy atom. The maximum absolute atomic E-state index is 10.8. The molecule has 1 heterocycles. The monoisotopic (exact) mass is 165 g/mol. The first kappa shape index (κ1) is 8.73. The molecule has 0 aromatic rings. The number of hydrazine groups is 5. The summed E-state index contributed by atoms with van der Waals surface area (Å²) in [6.45, 7) is 0. The van der Waals surface area contributed by atoms with Crippen molar-refractivity contribution >= 4 is 0 Å². The van der Waals surface area contributed by atoms with Crippen LogP contribution in [0.5, 0.6) is 0 Å². The molecule has 0 aromatic heterocycles. The van der Waals surface area contributed by atoms with E-state index in [2.05, 4.69) is 15.9 Å². The van der Waals surface area contributed by atoms with Gasteiger partial charge in [0.2, 0.25) is 0 Å². The molecule has 1 aliphatic rings. The quantitative estimate of drug-likeness (QED) is 0.187. The molecule has 0 bridgehead atoms. The topological polar surface area (TPSA) is 96.5 Å². The van der Waals surface area contributed by atoms with Crippen molar-refractivity contribution in [3.05, 3.63) is 5.21 Å². The van der Waals surface area contributed by atoms with Crippen molar-refractivity contribution in [2.45, 2.75) is 0 Å². The molecule has 9 heteroatoms. The fraction of sp³-hybridized carbons (Fsp3) is 1.00. The van der Waals surface area contributed by atoms with Crippen LogP contribution >= 0.6 is 0 Å². The van der Waals surface area contributed by atoms with Gasteiger partial charge >= 0.3 is 0 Å². The van der Waals surface area contributed by atoms with Crippen molar-refractivity contribution < 1.29 is 10.3 Å². The van der Waals surface area contributed by atoms with Gasteiger partial charge in [-0.15, -0.1) is 5.12 Å². The van der Waals surface area contributed by atoms with Crippen LogP contribution in [0, 0.1) is 5.21 Å². The van der Waals surface area contributed by atoms with Gasteiger partial charge < -0.3 is 5.21 Å². The van der Waals surface area contributed by atoms with E-state index in [0.717, 1.165) is 15.6 Å². The molecule has 1 atom stereocenters. The van der Waals surface area contributed by atoms with Crippen LogP contribution in [0.3, 0.4) is 0 Å². The van der Waals surface area contributed by atoms with Gasteiger partial charge in [-0.2, -0.15) is 0 Å². The molecule has 0 amide bonds. The number of quaternary nitrogens is 1. The summed E-state index contributed by atoms with van der Waals surface area (Å²) in [5.41, 5.74) is 5.01. The van der Waals surface area contributed by atoms with Crippen LogP contribution in [0.1, 0.15) is 0 Å². The number of nitrogens with two attached hydrogens (primary N) is 1. The molecule has 9 nitrogen and oxygen atoms in total. The summed E-state index contributed by atoms with van der Waals surface area (Å²) in [7, 11) is 3.08. The van der Waals surface area contributed by atoms with E-state index < -0.39 is 5.34 Å². The molecule has 1 fully saturated rings. The summed E-state index contributed by atoms with van der Waals surface area (Å²) in [5.74, 6) is 5.25. The van der Waals surface area contributed by atoms with Gasteiger partial charge in [0.25, 0.3) is 0 Å². The first-order chi connectivity index (χ1) is 5.15. The van der Waals surface area contributed by atoms with Crippen molar-refractivity contribution in [2.24, 2.45) is 5.84 Å². The molecule has 0 aromatic carbocycles. The van der Waals surface area contributed by atoms with Crippen molar-refractivity contribution in [2.75, 3.05) is 14.1 Å². The lowest BCUT2D eigenvalue weighted by molar-refractivity contribution is -1.16. The fourth-order valence-electron chi connectivity index (χ4n) is 0.559. The van der Waals surface area contributed by atoms with Gasteiger partial charge in [0.15, 0.2) is 0 Å². The molecule has 66 valence electrons. The average molecular weight is 165 g/mol. The largest absolute Gasteiger partial charge is 0.575 e. The first-order valence-corrected chi connectivity index (χ1v) is 2.89. The maximum atomic E-state index is 10.8. The summed E-state index contributed by atoms with van der Waals surface area (Å²) >= 11 is 0. The van der Waals surface area contributed by atoms with Crippen molar-refractivity contribution in [1.82, 2.24) is 26.6 Å². The molecule has 1 unspecified atom stereocenters. The number of hydrogen-bond acceptors (Lipinski definition) is 8. The molecule has 0 saturated carbocycles. The zero-order chi connectivity index (χ0) is 8.43. The van der Waals surface area contributed by atoms with E-state index in [4.69, 9.17) is 5.84 Å². The molecular formula is C2H11N7O2. The minimum atomic E-state index is -0.607. The van der Waals surface area contributed by atoms with E-state index in [0.29, 0.717) is 0 Å². The van der Waals surface area contributed by atoms with Crippen LogP contribution in [-0.4, -0.2) is 29.7 Å². The second kappa shape index (κ2) is 3.36. The van der Waals surface area contributed by atoms with E-state index in [1.54, 1.807) is 7.05 Å². The molecule has 11 heavy (non-hydrogen) atoms. The molecule has 0 spiro atoms. The zero-order valence-corrected chi connectivity index (χ0v) is 6.24. The number of nitrogens with zero attached hydrogens (tertiary/aromatic N) is 3. The van der Waals surface area contributed by atoms with Crippen LogP contribution in [0.4, 0.5) is 0 Å². The minimum Gasteiger partial charge on any atom is -0.575 e. The fourth-order valence-corrected chi connectivity index (χ4v) is 0.559. The second-order valence-corrected chi connectivity index (χ2v) is 1.86. The third-order valence-electron chi connectivity index (χ3n) is 1.05. The van der Waals surface area contributed by atoms with Gasteiger partial charge in [0.05, 0.1) is 5.23 Å². The molecule has 5 N–H and O–H groups in total. The van der Waals surface area contributed by atoms with Crippen LogP contribution in [0.25, 0.3) is 0 Å². The van der Waals surface area contributed by atoms with E-state index >= 15 is 0 Å². The number of nitrogens with one attached hydrogen (secondary N) is 3. The lowest BCUT2D eigenvalue weighted by atomic mass is 11.4. The van der Waals surface area contributed by atoms with Crippen LogP contribution in [0.15, 0.2) is 0 Å². The Morgan fingerprint density at radius 2 is 2.45 bits per heavy atom. The highest BCUT2D eigenvalue weighted by Gasteiger charge is 2.30. The van der Waals surface area contributed by atoms with Gasteiger partial charge in [0.1, 0.15) is 0 Å². The Bertz CT molecular complexity index is 130. The molecule has 1 aliphatic heterocycles. The Balaban J connectivity index is 2.45. The summed E-state index contributed by atoms with van der Waals surface area (Å²) < 4.78 is 0. The van der Waals surface area contributed by atoms with E-state index in [1.165, 1.54) is 7.05 Å². The van der Waals surface area contributed by atoms with Gasteiger partial charge in [0, 0.05) is 19.4 Å². The maximum Gasteiger partial charge on any atom is 0.0548 e. The summed E-state index contributed by atoms with van der Waals surface area (Å²) in [6, 6.07) is 0. The van der Waals surface area contributed by atoms with Gasteiger partial charge in [-0.3, -0.25) is 0 Å². The molecular weight excluding hydrogens is 154 g/mol. The first-order valence-electron chi connectivity index (χ1n) is 2.89. The minimum absolute atomic E-state index is 0.607. The summed E-state index contributed by atoms with van der Waals surface area (Å²) in [4.78, 5) is 4.56. The Labute approximate surface area is 63.2 Å². The van der Waals surface area contributed by atoms with Crippen LogP contribution in [-0.2, 0) is 4.94 Å². The predicted molar refractivity (Wildman–Crippen MR) is 33.2 cm³/mol. The smallest absolute Gasteiger partial charge is 0.0548 e. The highest BCUT2D eigenvalue weighted by atomic mass is 17.1. The summed E-state index contributed by atoms with van der Waals surface area (Å²) in [5, 5.41) is 13.3. The highest BCUT2D eigenvalue weighted by molar-refractivity contribution is 4.18. The predicted octanol–water partition coefficient (Wildman–Crippen LogP) is -3.98. The van der Waals surface area contributed by atoms with Crippen molar-refractivity contribution in [3.8, 4) is 0 Å². The molecule has 1 rings (SSSR count). The molecule has 0 aliphatic carbocycles. The Kier molecular flexibility index (Phi) is 2.67. The zero-order valence-electron chi connectivity index (χ0n) is 6.24. The highest BCUT2D eigenvalue weighted by Crippen LogP contribution is 1.82. The standard InChI is InChI=1S/C2H11N7O2/c1-4-7-5-8(6(2)3)9(10)11-7/h4-5,9H,3H2,1-2H3. The Morgan fingerprint density at radius 3 is 2.73 bits per heavy atom. The summed E-state index contributed by atoms with van der Waals surface area (Å²) in [6.07, 6.45) is 0. The third-order valence-corrected chi connectivity index (χ3v) is 1.05. The lowest BCUT2D eigenvalue weighted by Crippen LogP contribution is -3.13. The molecule has 1 saturated heterocycles. The Hall–Kier alpha value is -0.360. The van der Waals surface area contributed by atoms with Crippen molar-refractivity contribution in [3.63, 3.8) is 0 Å². The SMILES string of the molecule is CNN1NN(N(C)N)[NH+]([O-])O1. The van der Waals surface area contributed by atoms with Gasteiger partial charge in [-0.25, -0.2) is 11.3 Å². The normalized spacial score (nSPS) is 28.6. The number of rotatable bonds is 2. The van der Waals surface area contributed by atoms with Crippen LogP contribution in [0.2, 0.25) is 0 Å². The van der Waals surface area contributed by atoms with E-state index in [9.17, 15) is 5.21 Å². The van der Waals surface area contributed by atoms with Crippen LogP contribution < -0.4 is 22.1 Å². The van der Waals surface area contributed by atoms with Gasteiger partial charge in [-0.05, 0) is 0 Å². The molecule has 0 radical (unpaired) electrons. The van der Waals surface area contributed by atoms with E-state index in [-0.39, 0.29) is 0 Å². The van der Waals surface area contributed by atoms with Gasteiger partial charge in [-0.1, -0.05) is 15.8 Å². The second-order valence-electron chi connectivity index (χ2n) is 1.86. The number of hydrogen-bond donors (Lipinski definition) is 4. The third kappa shape index (κ3) is 1.81. The lowest BCUT2D eigenvalue weighted by Gasteiger charge is -2.22.